The molecule has 22 heavy (non-hydrogen) atoms. The molecule has 0 saturated carbocycles. The maximum Gasteiger partial charge on any atom is 0.270 e. The van der Waals surface area contributed by atoms with E-state index in [0.29, 0.717) is 24.8 Å². The summed E-state index contributed by atoms with van der Waals surface area (Å²) in [5.74, 6) is 0.200. The molecule has 1 aromatic heterocycles. The molecule has 1 aromatic carbocycles. The minimum atomic E-state index is -0.210. The highest BCUT2D eigenvalue weighted by Crippen LogP contribution is 2.13. The van der Waals surface area contributed by atoms with Gasteiger partial charge in [-0.1, -0.05) is 18.2 Å². The molecule has 0 bridgehead atoms. The van der Waals surface area contributed by atoms with Gasteiger partial charge in [0.25, 0.3) is 5.91 Å². The number of rotatable bonds is 7. The SMILES string of the molecule is COCCCNC(=O)c1cc(C)nc(Nc2ccccc2)n1. The number of aryl methyl sites for hydroxylation is 1. The fourth-order valence-electron chi connectivity index (χ4n) is 1.90. The minimum absolute atomic E-state index is 0.210. The maximum absolute atomic E-state index is 12.1. The van der Waals surface area contributed by atoms with Gasteiger partial charge in [0.05, 0.1) is 0 Å². The topological polar surface area (TPSA) is 76.1 Å². The summed E-state index contributed by atoms with van der Waals surface area (Å²) in [6.45, 7) is 3.00. The van der Waals surface area contributed by atoms with Crippen molar-refractivity contribution >= 4 is 17.5 Å². The van der Waals surface area contributed by atoms with E-state index in [1.807, 2.05) is 37.3 Å². The molecule has 1 heterocycles. The van der Waals surface area contributed by atoms with E-state index in [9.17, 15) is 4.79 Å². The first-order valence-electron chi connectivity index (χ1n) is 7.14. The van der Waals surface area contributed by atoms with E-state index in [4.69, 9.17) is 4.74 Å². The number of nitrogens with zero attached hydrogens (tertiary/aromatic N) is 2. The molecular formula is C16H20N4O2. The van der Waals surface area contributed by atoms with E-state index in [-0.39, 0.29) is 5.91 Å². The monoisotopic (exact) mass is 300 g/mol. The normalized spacial score (nSPS) is 10.3. The molecule has 0 spiro atoms. The number of benzene rings is 1. The van der Waals surface area contributed by atoms with E-state index >= 15 is 0 Å². The summed E-state index contributed by atoms with van der Waals surface area (Å²) in [5.41, 5.74) is 1.96. The first-order chi connectivity index (χ1) is 10.7. The molecule has 2 rings (SSSR count). The maximum atomic E-state index is 12.1. The summed E-state index contributed by atoms with van der Waals surface area (Å²) >= 11 is 0. The van der Waals surface area contributed by atoms with Crippen LogP contribution >= 0.6 is 0 Å². The second-order valence-corrected chi connectivity index (χ2v) is 4.81. The molecule has 116 valence electrons. The Bertz CT molecular complexity index is 617. The number of ether oxygens (including phenoxy) is 1. The van der Waals surface area contributed by atoms with Crippen LogP contribution in [0.3, 0.4) is 0 Å². The predicted octanol–water partition coefficient (Wildman–Crippen LogP) is 2.29. The number of para-hydroxylation sites is 1. The van der Waals surface area contributed by atoms with Crippen LogP contribution in [0.4, 0.5) is 11.6 Å². The lowest BCUT2D eigenvalue weighted by Gasteiger charge is -2.08. The second kappa shape index (κ2) is 8.09. The van der Waals surface area contributed by atoms with Crippen molar-refractivity contribution in [3.8, 4) is 0 Å². The zero-order valence-electron chi connectivity index (χ0n) is 12.8. The number of amides is 1. The summed E-state index contributed by atoms with van der Waals surface area (Å²) in [5, 5.41) is 5.91. The van der Waals surface area contributed by atoms with Crippen LogP contribution in [-0.4, -0.2) is 36.1 Å². The molecule has 0 unspecified atom stereocenters. The number of methoxy groups -OCH3 is 1. The first kappa shape index (κ1) is 15.9. The van der Waals surface area contributed by atoms with Gasteiger partial charge in [0.2, 0.25) is 5.95 Å². The molecule has 0 aliphatic heterocycles. The molecule has 0 radical (unpaired) electrons. The number of nitrogens with one attached hydrogen (secondary N) is 2. The largest absolute Gasteiger partial charge is 0.385 e. The van der Waals surface area contributed by atoms with Gasteiger partial charge in [-0.25, -0.2) is 9.97 Å². The molecule has 2 N–H and O–H groups in total. The van der Waals surface area contributed by atoms with Gasteiger partial charge in [-0.2, -0.15) is 0 Å². The lowest BCUT2D eigenvalue weighted by molar-refractivity contribution is 0.0943. The molecule has 0 atom stereocenters. The van der Waals surface area contributed by atoms with Crippen molar-refractivity contribution < 1.29 is 9.53 Å². The molecule has 2 aromatic rings. The highest BCUT2D eigenvalue weighted by molar-refractivity contribution is 5.92. The average Bonchev–Trinajstić information content (AvgIpc) is 2.52. The van der Waals surface area contributed by atoms with Gasteiger partial charge in [0.1, 0.15) is 5.69 Å². The van der Waals surface area contributed by atoms with Crippen LogP contribution in [0.15, 0.2) is 36.4 Å². The van der Waals surface area contributed by atoms with Gasteiger partial charge in [0.15, 0.2) is 0 Å². The van der Waals surface area contributed by atoms with E-state index in [1.54, 1.807) is 13.2 Å². The summed E-state index contributed by atoms with van der Waals surface area (Å²) in [6, 6.07) is 11.3. The molecule has 1 amide bonds. The van der Waals surface area contributed by atoms with Crippen molar-refractivity contribution in [2.75, 3.05) is 25.6 Å². The third kappa shape index (κ3) is 4.82. The Morgan fingerprint density at radius 2 is 2.00 bits per heavy atom. The smallest absolute Gasteiger partial charge is 0.270 e. The van der Waals surface area contributed by atoms with Gasteiger partial charge >= 0.3 is 0 Å². The summed E-state index contributed by atoms with van der Waals surface area (Å²) in [4.78, 5) is 20.7. The summed E-state index contributed by atoms with van der Waals surface area (Å²) < 4.78 is 4.95. The number of hydrogen-bond donors (Lipinski definition) is 2. The number of anilines is 2. The fraction of sp³-hybridized carbons (Fsp3) is 0.312. The Morgan fingerprint density at radius 3 is 2.73 bits per heavy atom. The Hall–Kier alpha value is -2.47. The first-order valence-corrected chi connectivity index (χ1v) is 7.14. The molecule has 0 aliphatic rings. The lowest BCUT2D eigenvalue weighted by Crippen LogP contribution is -2.26. The number of carbonyl (C=O) groups is 1. The Balaban J connectivity index is 2.04. The van der Waals surface area contributed by atoms with Gasteiger partial charge in [-0.05, 0) is 31.5 Å². The Labute approximate surface area is 129 Å². The van der Waals surface area contributed by atoms with Crippen molar-refractivity contribution in [1.29, 1.82) is 0 Å². The Morgan fingerprint density at radius 1 is 1.23 bits per heavy atom. The number of hydrogen-bond acceptors (Lipinski definition) is 5. The average molecular weight is 300 g/mol. The molecule has 6 heteroatoms. The van der Waals surface area contributed by atoms with Crippen LogP contribution in [0, 0.1) is 6.92 Å². The van der Waals surface area contributed by atoms with Crippen LogP contribution in [0.5, 0.6) is 0 Å². The van der Waals surface area contributed by atoms with Crippen LogP contribution in [0.2, 0.25) is 0 Å². The predicted molar refractivity (Wildman–Crippen MR) is 85.3 cm³/mol. The second-order valence-electron chi connectivity index (χ2n) is 4.81. The Kier molecular flexibility index (Phi) is 5.85. The van der Waals surface area contributed by atoms with E-state index in [2.05, 4.69) is 20.6 Å². The van der Waals surface area contributed by atoms with Crippen LogP contribution < -0.4 is 10.6 Å². The zero-order valence-corrected chi connectivity index (χ0v) is 12.8. The number of aromatic nitrogens is 2. The zero-order chi connectivity index (χ0) is 15.8. The quantitative estimate of drug-likeness (QED) is 0.767. The highest BCUT2D eigenvalue weighted by atomic mass is 16.5. The molecule has 0 aliphatic carbocycles. The third-order valence-corrected chi connectivity index (χ3v) is 2.93. The van der Waals surface area contributed by atoms with E-state index in [0.717, 1.165) is 17.8 Å². The van der Waals surface area contributed by atoms with E-state index < -0.39 is 0 Å². The lowest BCUT2D eigenvalue weighted by atomic mass is 10.3. The summed E-state index contributed by atoms with van der Waals surface area (Å²) in [6.07, 6.45) is 0.765. The standard InChI is InChI=1S/C16H20N4O2/c1-12-11-14(15(21)17-9-6-10-22-2)20-16(18-12)19-13-7-4-3-5-8-13/h3-5,7-8,11H,6,9-10H2,1-2H3,(H,17,21)(H,18,19,20). The number of carbonyl (C=O) groups excluding carboxylic acids is 1. The molecule has 0 saturated heterocycles. The van der Waals surface area contributed by atoms with Gasteiger partial charge < -0.3 is 15.4 Å². The third-order valence-electron chi connectivity index (χ3n) is 2.93. The molecular weight excluding hydrogens is 280 g/mol. The van der Waals surface area contributed by atoms with Gasteiger partial charge in [-0.15, -0.1) is 0 Å². The minimum Gasteiger partial charge on any atom is -0.385 e. The van der Waals surface area contributed by atoms with E-state index in [1.165, 1.54) is 0 Å². The molecule has 6 nitrogen and oxygen atoms in total. The fourth-order valence-corrected chi connectivity index (χ4v) is 1.90. The van der Waals surface area contributed by atoms with Crippen molar-refractivity contribution in [1.82, 2.24) is 15.3 Å². The van der Waals surface area contributed by atoms with Crippen molar-refractivity contribution in [2.24, 2.45) is 0 Å². The van der Waals surface area contributed by atoms with Crippen molar-refractivity contribution in [3.05, 3.63) is 47.8 Å². The van der Waals surface area contributed by atoms with Crippen molar-refractivity contribution in [3.63, 3.8) is 0 Å². The van der Waals surface area contributed by atoms with Crippen LogP contribution in [0.1, 0.15) is 22.6 Å². The van der Waals surface area contributed by atoms with Crippen LogP contribution in [-0.2, 0) is 4.74 Å². The van der Waals surface area contributed by atoms with Gasteiger partial charge in [-0.3, -0.25) is 4.79 Å². The van der Waals surface area contributed by atoms with Crippen molar-refractivity contribution in [2.45, 2.75) is 13.3 Å². The van der Waals surface area contributed by atoms with Crippen LogP contribution in [0.25, 0.3) is 0 Å². The summed E-state index contributed by atoms with van der Waals surface area (Å²) in [7, 11) is 1.64. The molecule has 0 fully saturated rings. The van der Waals surface area contributed by atoms with Gasteiger partial charge in [0, 0.05) is 31.6 Å². The highest BCUT2D eigenvalue weighted by Gasteiger charge is 2.10.